The second-order valence-corrected chi connectivity index (χ2v) is 6.36. The van der Waals surface area contributed by atoms with Crippen molar-refractivity contribution in [3.63, 3.8) is 0 Å². The predicted octanol–water partition coefficient (Wildman–Crippen LogP) is 3.41. The lowest BCUT2D eigenvalue weighted by Gasteiger charge is -2.33. The molecular formula is C18H21ClN4O2. The molecule has 0 bridgehead atoms. The molecule has 0 aliphatic carbocycles. The molecule has 0 N–H and O–H groups in total. The quantitative estimate of drug-likeness (QED) is 0.583. The highest BCUT2D eigenvalue weighted by molar-refractivity contribution is 6.29. The fourth-order valence-electron chi connectivity index (χ4n) is 2.90. The summed E-state index contributed by atoms with van der Waals surface area (Å²) in [7, 11) is 1.52. The molecule has 1 aromatic heterocycles. The predicted molar refractivity (Wildman–Crippen MR) is 98.5 cm³/mol. The molecular weight excluding hydrogens is 340 g/mol. The van der Waals surface area contributed by atoms with Crippen molar-refractivity contribution in [1.29, 1.82) is 0 Å². The SMILES string of the molecule is CON=Cc1cccc(OCC2CCCN(c3ccc(Cl)nn3)C2)c1. The summed E-state index contributed by atoms with van der Waals surface area (Å²) in [5.74, 6) is 2.15. The van der Waals surface area contributed by atoms with E-state index in [-0.39, 0.29) is 0 Å². The van der Waals surface area contributed by atoms with Gasteiger partial charge in [-0.3, -0.25) is 0 Å². The summed E-state index contributed by atoms with van der Waals surface area (Å²) in [6, 6.07) is 11.5. The first kappa shape index (κ1) is 17.5. The van der Waals surface area contributed by atoms with E-state index in [0.717, 1.165) is 43.1 Å². The van der Waals surface area contributed by atoms with Gasteiger partial charge in [-0.2, -0.15) is 0 Å². The third kappa shape index (κ3) is 5.06. The van der Waals surface area contributed by atoms with Crippen molar-refractivity contribution in [3.05, 3.63) is 47.1 Å². The summed E-state index contributed by atoms with van der Waals surface area (Å²) in [5.41, 5.74) is 0.945. The zero-order valence-corrected chi connectivity index (χ0v) is 14.9. The van der Waals surface area contributed by atoms with Crippen LogP contribution in [0.15, 0.2) is 41.6 Å². The average Bonchev–Trinajstić information content (AvgIpc) is 2.66. The van der Waals surface area contributed by atoms with Crippen LogP contribution in [-0.4, -0.2) is 43.2 Å². The van der Waals surface area contributed by atoms with Crippen LogP contribution in [0.4, 0.5) is 5.82 Å². The molecule has 3 rings (SSSR count). The fraction of sp³-hybridized carbons (Fsp3) is 0.389. The van der Waals surface area contributed by atoms with Gasteiger partial charge in [0.25, 0.3) is 0 Å². The van der Waals surface area contributed by atoms with Crippen molar-refractivity contribution in [2.45, 2.75) is 12.8 Å². The van der Waals surface area contributed by atoms with Gasteiger partial charge in [-0.05, 0) is 42.7 Å². The minimum absolute atomic E-state index is 0.414. The number of piperidine rings is 1. The van der Waals surface area contributed by atoms with Gasteiger partial charge >= 0.3 is 0 Å². The molecule has 1 aromatic carbocycles. The van der Waals surface area contributed by atoms with Crippen LogP contribution >= 0.6 is 11.6 Å². The van der Waals surface area contributed by atoms with Gasteiger partial charge in [0.1, 0.15) is 12.9 Å². The molecule has 1 aliphatic heterocycles. The smallest absolute Gasteiger partial charge is 0.151 e. The van der Waals surface area contributed by atoms with Gasteiger partial charge in [-0.15, -0.1) is 10.2 Å². The molecule has 0 spiro atoms. The van der Waals surface area contributed by atoms with Gasteiger partial charge in [0.15, 0.2) is 11.0 Å². The second kappa shape index (κ2) is 8.67. The summed E-state index contributed by atoms with van der Waals surface area (Å²) in [5, 5.41) is 12.3. The van der Waals surface area contributed by atoms with Gasteiger partial charge < -0.3 is 14.5 Å². The van der Waals surface area contributed by atoms with Gasteiger partial charge in [0.2, 0.25) is 0 Å². The molecule has 1 unspecified atom stereocenters. The van der Waals surface area contributed by atoms with E-state index in [2.05, 4.69) is 20.3 Å². The Labute approximate surface area is 152 Å². The first-order chi connectivity index (χ1) is 12.2. The topological polar surface area (TPSA) is 59.8 Å². The van der Waals surface area contributed by atoms with E-state index >= 15 is 0 Å². The lowest BCUT2D eigenvalue weighted by molar-refractivity contribution is 0.215. The van der Waals surface area contributed by atoms with Crippen molar-refractivity contribution < 1.29 is 9.57 Å². The molecule has 25 heavy (non-hydrogen) atoms. The molecule has 0 amide bonds. The fourth-order valence-corrected chi connectivity index (χ4v) is 3.00. The van der Waals surface area contributed by atoms with Gasteiger partial charge in [0.05, 0.1) is 12.8 Å². The van der Waals surface area contributed by atoms with Crippen LogP contribution in [-0.2, 0) is 4.84 Å². The van der Waals surface area contributed by atoms with Crippen LogP contribution < -0.4 is 9.64 Å². The lowest BCUT2D eigenvalue weighted by Crippen LogP contribution is -2.38. The molecule has 6 nitrogen and oxygen atoms in total. The minimum atomic E-state index is 0.414. The largest absolute Gasteiger partial charge is 0.493 e. The van der Waals surface area contributed by atoms with E-state index < -0.39 is 0 Å². The highest BCUT2D eigenvalue weighted by atomic mass is 35.5. The molecule has 132 valence electrons. The standard InChI is InChI=1S/C18H21ClN4O2/c1-24-20-11-14-4-2-6-16(10-14)25-13-15-5-3-9-23(12-15)18-8-7-17(19)21-22-18/h2,4,6-8,10-11,15H,3,5,9,12-13H2,1H3. The highest BCUT2D eigenvalue weighted by Gasteiger charge is 2.21. The van der Waals surface area contributed by atoms with E-state index in [9.17, 15) is 0 Å². The summed E-state index contributed by atoms with van der Waals surface area (Å²) in [6.07, 6.45) is 3.91. The van der Waals surface area contributed by atoms with E-state index in [0.29, 0.717) is 17.7 Å². The van der Waals surface area contributed by atoms with E-state index in [4.69, 9.17) is 21.2 Å². The number of ether oxygens (including phenoxy) is 1. The van der Waals surface area contributed by atoms with Crippen LogP contribution in [0.1, 0.15) is 18.4 Å². The van der Waals surface area contributed by atoms with Crippen LogP contribution in [0.25, 0.3) is 0 Å². The number of hydrogen-bond donors (Lipinski definition) is 0. The van der Waals surface area contributed by atoms with E-state index in [1.54, 1.807) is 12.3 Å². The maximum Gasteiger partial charge on any atom is 0.151 e. The Morgan fingerprint density at radius 1 is 1.32 bits per heavy atom. The summed E-state index contributed by atoms with van der Waals surface area (Å²) in [6.45, 7) is 2.55. The first-order valence-electron chi connectivity index (χ1n) is 8.28. The Morgan fingerprint density at radius 3 is 3.04 bits per heavy atom. The molecule has 1 fully saturated rings. The number of oxime groups is 1. The maximum atomic E-state index is 5.98. The Morgan fingerprint density at radius 2 is 2.24 bits per heavy atom. The number of aromatic nitrogens is 2. The summed E-state index contributed by atoms with van der Waals surface area (Å²) >= 11 is 5.81. The van der Waals surface area contributed by atoms with Crippen LogP contribution in [0.2, 0.25) is 5.15 Å². The molecule has 0 saturated carbocycles. The molecule has 1 aliphatic rings. The third-order valence-corrected chi connectivity index (χ3v) is 4.31. The number of halogens is 1. The van der Waals surface area contributed by atoms with E-state index in [1.807, 2.05) is 30.3 Å². The summed E-state index contributed by atoms with van der Waals surface area (Å²) in [4.78, 5) is 6.94. The van der Waals surface area contributed by atoms with Gasteiger partial charge in [-0.1, -0.05) is 28.9 Å². The van der Waals surface area contributed by atoms with Gasteiger partial charge in [-0.25, -0.2) is 0 Å². The zero-order chi connectivity index (χ0) is 17.5. The zero-order valence-electron chi connectivity index (χ0n) is 14.1. The van der Waals surface area contributed by atoms with Crippen LogP contribution in [0.3, 0.4) is 0 Å². The van der Waals surface area contributed by atoms with Crippen LogP contribution in [0.5, 0.6) is 5.75 Å². The number of benzene rings is 1. The van der Waals surface area contributed by atoms with Gasteiger partial charge in [0, 0.05) is 19.0 Å². The lowest BCUT2D eigenvalue weighted by atomic mass is 9.99. The van der Waals surface area contributed by atoms with Crippen molar-refractivity contribution >= 4 is 23.6 Å². The van der Waals surface area contributed by atoms with Crippen molar-refractivity contribution in [1.82, 2.24) is 10.2 Å². The summed E-state index contributed by atoms with van der Waals surface area (Å²) < 4.78 is 5.98. The number of nitrogens with zero attached hydrogens (tertiary/aromatic N) is 4. The Balaban J connectivity index is 1.56. The molecule has 1 saturated heterocycles. The van der Waals surface area contributed by atoms with Crippen molar-refractivity contribution in [2.75, 3.05) is 31.7 Å². The Bertz CT molecular complexity index is 708. The molecule has 7 heteroatoms. The number of hydrogen-bond acceptors (Lipinski definition) is 6. The highest BCUT2D eigenvalue weighted by Crippen LogP contribution is 2.23. The van der Waals surface area contributed by atoms with Crippen molar-refractivity contribution in [2.24, 2.45) is 11.1 Å². The Hall–Kier alpha value is -2.34. The number of anilines is 1. The normalized spacial score (nSPS) is 17.7. The van der Waals surface area contributed by atoms with Crippen LogP contribution in [0, 0.1) is 5.92 Å². The molecule has 2 heterocycles. The maximum absolute atomic E-state index is 5.98. The van der Waals surface area contributed by atoms with Crippen molar-refractivity contribution in [3.8, 4) is 5.75 Å². The first-order valence-corrected chi connectivity index (χ1v) is 8.66. The van der Waals surface area contributed by atoms with E-state index in [1.165, 1.54) is 7.11 Å². The number of rotatable bonds is 6. The molecule has 2 aromatic rings. The average molecular weight is 361 g/mol. The minimum Gasteiger partial charge on any atom is -0.493 e. The third-order valence-electron chi connectivity index (χ3n) is 4.11. The second-order valence-electron chi connectivity index (χ2n) is 5.97. The molecule has 1 atom stereocenters. The monoisotopic (exact) mass is 360 g/mol. The molecule has 0 radical (unpaired) electrons. The Kier molecular flexibility index (Phi) is 6.06.